The summed E-state index contributed by atoms with van der Waals surface area (Å²) in [4.78, 5) is 11.3. The van der Waals surface area contributed by atoms with Crippen molar-refractivity contribution < 1.29 is 14.3 Å². The Kier molecular flexibility index (Phi) is 5.38. The molecule has 3 N–H and O–H groups in total. The molecule has 0 aliphatic carbocycles. The maximum absolute atomic E-state index is 11.0. The minimum Gasteiger partial charge on any atom is -0.493 e. The predicted octanol–water partition coefficient (Wildman–Crippen LogP) is 0.844. The molecule has 0 bridgehead atoms. The SMILES string of the molecule is CNC(=O)CCOc1ccc(C(N)=S)cc1OC. The average molecular weight is 268 g/mol. The molecule has 6 heteroatoms. The number of carbonyl (C=O) groups is 1. The molecule has 0 saturated carbocycles. The van der Waals surface area contributed by atoms with Gasteiger partial charge in [-0.1, -0.05) is 12.2 Å². The Morgan fingerprint density at radius 1 is 1.44 bits per heavy atom. The van der Waals surface area contributed by atoms with Crippen LogP contribution in [0.5, 0.6) is 11.5 Å². The van der Waals surface area contributed by atoms with E-state index in [4.69, 9.17) is 27.4 Å². The van der Waals surface area contributed by atoms with Gasteiger partial charge in [0.1, 0.15) is 4.99 Å². The highest BCUT2D eigenvalue weighted by Gasteiger charge is 2.08. The van der Waals surface area contributed by atoms with Crippen molar-refractivity contribution in [3.8, 4) is 11.5 Å². The van der Waals surface area contributed by atoms with Gasteiger partial charge in [-0.3, -0.25) is 4.79 Å². The van der Waals surface area contributed by atoms with E-state index in [2.05, 4.69) is 5.32 Å². The van der Waals surface area contributed by atoms with E-state index in [9.17, 15) is 4.79 Å². The number of amides is 1. The first-order valence-corrected chi connectivity index (χ1v) is 5.80. The molecule has 1 amide bonds. The van der Waals surface area contributed by atoms with Crippen LogP contribution in [0.2, 0.25) is 0 Å². The van der Waals surface area contributed by atoms with Crippen LogP contribution in [0.4, 0.5) is 0 Å². The Hall–Kier alpha value is -1.82. The van der Waals surface area contributed by atoms with Crippen LogP contribution in [0.3, 0.4) is 0 Å². The number of carbonyl (C=O) groups excluding carboxylic acids is 1. The summed E-state index contributed by atoms with van der Waals surface area (Å²) in [6.45, 7) is 0.280. The molecule has 18 heavy (non-hydrogen) atoms. The molecule has 0 aliphatic rings. The highest BCUT2D eigenvalue weighted by atomic mass is 32.1. The van der Waals surface area contributed by atoms with Crippen LogP contribution >= 0.6 is 12.2 Å². The van der Waals surface area contributed by atoms with Crippen LogP contribution in [0.15, 0.2) is 18.2 Å². The fourth-order valence-corrected chi connectivity index (χ4v) is 1.45. The molecule has 1 aromatic carbocycles. The summed E-state index contributed by atoms with van der Waals surface area (Å²) in [5.41, 5.74) is 6.24. The van der Waals surface area contributed by atoms with E-state index in [0.717, 1.165) is 0 Å². The summed E-state index contributed by atoms with van der Waals surface area (Å²) < 4.78 is 10.6. The van der Waals surface area contributed by atoms with Gasteiger partial charge in [0, 0.05) is 12.6 Å². The van der Waals surface area contributed by atoms with Gasteiger partial charge in [-0.2, -0.15) is 0 Å². The zero-order chi connectivity index (χ0) is 13.5. The van der Waals surface area contributed by atoms with E-state index < -0.39 is 0 Å². The van der Waals surface area contributed by atoms with Crippen LogP contribution in [0, 0.1) is 0 Å². The van der Waals surface area contributed by atoms with Gasteiger partial charge in [0.15, 0.2) is 11.5 Å². The first-order chi connectivity index (χ1) is 8.58. The van der Waals surface area contributed by atoms with Crippen molar-refractivity contribution in [2.75, 3.05) is 20.8 Å². The Labute approximate surface area is 111 Å². The first kappa shape index (κ1) is 14.2. The van der Waals surface area contributed by atoms with Gasteiger partial charge < -0.3 is 20.5 Å². The van der Waals surface area contributed by atoms with Crippen molar-refractivity contribution in [2.45, 2.75) is 6.42 Å². The molecule has 0 aliphatic heterocycles. The monoisotopic (exact) mass is 268 g/mol. The molecule has 98 valence electrons. The number of ether oxygens (including phenoxy) is 2. The topological polar surface area (TPSA) is 73.6 Å². The molecule has 0 unspecified atom stereocenters. The maximum Gasteiger partial charge on any atom is 0.223 e. The van der Waals surface area contributed by atoms with Crippen molar-refractivity contribution in [2.24, 2.45) is 5.73 Å². The molecule has 0 aromatic heterocycles. The number of rotatable bonds is 6. The summed E-state index contributed by atoms with van der Waals surface area (Å²) in [6.07, 6.45) is 0.288. The second kappa shape index (κ2) is 6.80. The van der Waals surface area contributed by atoms with Gasteiger partial charge in [0.2, 0.25) is 5.91 Å². The molecule has 0 saturated heterocycles. The summed E-state index contributed by atoms with van der Waals surface area (Å²) in [5.74, 6) is 1.02. The zero-order valence-electron chi connectivity index (χ0n) is 10.4. The molecule has 5 nitrogen and oxygen atoms in total. The summed E-state index contributed by atoms with van der Waals surface area (Å²) in [7, 11) is 3.12. The number of nitrogens with two attached hydrogens (primary N) is 1. The molecular weight excluding hydrogens is 252 g/mol. The number of hydrogen-bond donors (Lipinski definition) is 2. The highest BCUT2D eigenvalue weighted by molar-refractivity contribution is 7.80. The van der Waals surface area contributed by atoms with Gasteiger partial charge in [-0.15, -0.1) is 0 Å². The third-order valence-corrected chi connectivity index (χ3v) is 2.55. The normalized spacial score (nSPS) is 9.67. The Morgan fingerprint density at radius 3 is 2.72 bits per heavy atom. The van der Waals surface area contributed by atoms with E-state index in [-0.39, 0.29) is 18.9 Å². The fraction of sp³-hybridized carbons (Fsp3) is 0.333. The third kappa shape index (κ3) is 3.89. The minimum absolute atomic E-state index is 0.0753. The maximum atomic E-state index is 11.0. The fourth-order valence-electron chi connectivity index (χ4n) is 1.32. The second-order valence-corrected chi connectivity index (χ2v) is 3.94. The molecule has 1 aromatic rings. The number of hydrogen-bond acceptors (Lipinski definition) is 4. The average Bonchev–Trinajstić information content (AvgIpc) is 2.38. The van der Waals surface area contributed by atoms with Crippen molar-refractivity contribution >= 4 is 23.1 Å². The number of methoxy groups -OCH3 is 1. The van der Waals surface area contributed by atoms with E-state index in [1.54, 1.807) is 25.2 Å². The van der Waals surface area contributed by atoms with Crippen LogP contribution < -0.4 is 20.5 Å². The Balaban J connectivity index is 2.71. The van der Waals surface area contributed by atoms with E-state index in [1.165, 1.54) is 7.11 Å². The Bertz CT molecular complexity index is 449. The molecule has 0 atom stereocenters. The lowest BCUT2D eigenvalue weighted by molar-refractivity contribution is -0.121. The van der Waals surface area contributed by atoms with Crippen LogP contribution in [-0.2, 0) is 4.79 Å². The smallest absolute Gasteiger partial charge is 0.223 e. The molecule has 0 fully saturated rings. The minimum atomic E-state index is -0.0753. The molecule has 0 spiro atoms. The molecule has 0 radical (unpaired) electrons. The van der Waals surface area contributed by atoms with Gasteiger partial charge >= 0.3 is 0 Å². The van der Waals surface area contributed by atoms with Crippen molar-refractivity contribution in [1.29, 1.82) is 0 Å². The van der Waals surface area contributed by atoms with Gasteiger partial charge in [0.25, 0.3) is 0 Å². The second-order valence-electron chi connectivity index (χ2n) is 3.50. The summed E-state index contributed by atoms with van der Waals surface area (Å²) in [6, 6.07) is 5.18. The molecule has 1 rings (SSSR count). The lowest BCUT2D eigenvalue weighted by Crippen LogP contribution is -2.20. The largest absolute Gasteiger partial charge is 0.493 e. The molecule has 0 heterocycles. The van der Waals surface area contributed by atoms with Gasteiger partial charge in [-0.05, 0) is 18.2 Å². The number of benzene rings is 1. The third-order valence-electron chi connectivity index (χ3n) is 2.31. The number of thiocarbonyl (C=S) groups is 1. The van der Waals surface area contributed by atoms with Gasteiger partial charge in [0.05, 0.1) is 20.1 Å². The summed E-state index contributed by atoms with van der Waals surface area (Å²) >= 11 is 4.88. The first-order valence-electron chi connectivity index (χ1n) is 5.39. The van der Waals surface area contributed by atoms with Crippen LogP contribution in [0.25, 0.3) is 0 Å². The van der Waals surface area contributed by atoms with Crippen molar-refractivity contribution in [1.82, 2.24) is 5.32 Å². The Morgan fingerprint density at radius 2 is 2.17 bits per heavy atom. The molecular formula is C12H16N2O3S. The zero-order valence-corrected chi connectivity index (χ0v) is 11.2. The number of nitrogens with one attached hydrogen (secondary N) is 1. The van der Waals surface area contributed by atoms with E-state index >= 15 is 0 Å². The van der Waals surface area contributed by atoms with Crippen molar-refractivity contribution in [3.05, 3.63) is 23.8 Å². The van der Waals surface area contributed by atoms with Crippen molar-refractivity contribution in [3.63, 3.8) is 0 Å². The standard InChI is InChI=1S/C12H16N2O3S/c1-14-11(15)5-6-17-9-4-3-8(12(13)18)7-10(9)16-2/h3-4,7H,5-6H2,1-2H3,(H2,13,18)(H,14,15). The van der Waals surface area contributed by atoms with E-state index in [0.29, 0.717) is 22.1 Å². The lowest BCUT2D eigenvalue weighted by Gasteiger charge is -2.11. The highest BCUT2D eigenvalue weighted by Crippen LogP contribution is 2.28. The van der Waals surface area contributed by atoms with Crippen LogP contribution in [0.1, 0.15) is 12.0 Å². The quantitative estimate of drug-likeness (QED) is 0.748. The lowest BCUT2D eigenvalue weighted by atomic mass is 10.2. The van der Waals surface area contributed by atoms with Crippen LogP contribution in [-0.4, -0.2) is 31.7 Å². The van der Waals surface area contributed by atoms with E-state index in [1.807, 2.05) is 0 Å². The van der Waals surface area contributed by atoms with Gasteiger partial charge in [-0.25, -0.2) is 0 Å². The summed E-state index contributed by atoms with van der Waals surface area (Å²) in [5, 5.41) is 2.52. The predicted molar refractivity (Wildman–Crippen MR) is 73.1 cm³/mol.